The van der Waals surface area contributed by atoms with E-state index in [-0.39, 0.29) is 17.9 Å². The van der Waals surface area contributed by atoms with Crippen LogP contribution in [-0.4, -0.2) is 64.0 Å². The van der Waals surface area contributed by atoms with E-state index in [0.717, 1.165) is 16.3 Å². The van der Waals surface area contributed by atoms with E-state index >= 15 is 0 Å². The Balaban J connectivity index is 1.34. The van der Waals surface area contributed by atoms with Gasteiger partial charge in [0.05, 0.1) is 12.4 Å². The molecule has 0 bridgehead atoms. The number of rotatable bonds is 9. The lowest BCUT2D eigenvalue weighted by molar-refractivity contribution is -0.0373. The summed E-state index contributed by atoms with van der Waals surface area (Å²) in [6.07, 6.45) is -1.88. The van der Waals surface area contributed by atoms with Crippen LogP contribution in [0.1, 0.15) is 31.1 Å². The van der Waals surface area contributed by atoms with Crippen LogP contribution in [0.5, 0.6) is 0 Å². The number of fused-ring (bicyclic) bond motifs is 2. The minimum absolute atomic E-state index is 0.0170. The molecule has 5 rings (SSSR count). The molecular formula is C24H27ClN5O6P. The van der Waals surface area contributed by atoms with Gasteiger partial charge in [0.2, 0.25) is 5.28 Å². The van der Waals surface area contributed by atoms with E-state index < -0.39 is 32.1 Å². The zero-order valence-corrected chi connectivity index (χ0v) is 21.3. The lowest BCUT2D eigenvalue weighted by atomic mass is 10.0. The van der Waals surface area contributed by atoms with Crippen molar-refractivity contribution in [2.24, 2.45) is 0 Å². The third kappa shape index (κ3) is 5.63. The molecule has 3 heterocycles. The first-order valence-corrected chi connectivity index (χ1v) is 14.1. The maximum atomic E-state index is 11.1. The molecule has 2 aromatic carbocycles. The summed E-state index contributed by atoms with van der Waals surface area (Å²) in [5.41, 5.74) is 1.83. The van der Waals surface area contributed by atoms with E-state index in [0.29, 0.717) is 36.4 Å². The molecule has 1 aliphatic heterocycles. The lowest BCUT2D eigenvalue weighted by Gasteiger charge is -2.17. The van der Waals surface area contributed by atoms with Crippen molar-refractivity contribution in [1.29, 1.82) is 0 Å². The largest absolute Gasteiger partial charge is 0.388 e. The van der Waals surface area contributed by atoms with Gasteiger partial charge in [-0.25, -0.2) is 4.98 Å². The van der Waals surface area contributed by atoms with Crippen LogP contribution in [0, 0.1) is 0 Å². The molecule has 4 atom stereocenters. The molecule has 196 valence electrons. The molecule has 0 amide bonds. The second kappa shape index (κ2) is 10.6. The van der Waals surface area contributed by atoms with Crippen molar-refractivity contribution >= 4 is 47.0 Å². The van der Waals surface area contributed by atoms with Gasteiger partial charge >= 0.3 is 7.60 Å². The predicted molar refractivity (Wildman–Crippen MR) is 138 cm³/mol. The van der Waals surface area contributed by atoms with Crippen molar-refractivity contribution in [3.63, 3.8) is 0 Å². The summed E-state index contributed by atoms with van der Waals surface area (Å²) in [5, 5.41) is 26.7. The van der Waals surface area contributed by atoms with Crippen LogP contribution in [0.4, 0.5) is 5.82 Å². The maximum Gasteiger partial charge on any atom is 0.325 e. The van der Waals surface area contributed by atoms with E-state index in [1.165, 1.54) is 10.9 Å². The molecule has 1 fully saturated rings. The number of ether oxygens (including phenoxy) is 1. The molecule has 11 nitrogen and oxygen atoms in total. The fraction of sp³-hybridized carbons (Fsp3) is 0.375. The van der Waals surface area contributed by atoms with Crippen LogP contribution in [0.3, 0.4) is 0 Å². The molecule has 2 aromatic heterocycles. The molecule has 1 aliphatic rings. The van der Waals surface area contributed by atoms with Gasteiger partial charge in [-0.3, -0.25) is 9.13 Å². The van der Waals surface area contributed by atoms with E-state index in [4.69, 9.17) is 26.1 Å². The summed E-state index contributed by atoms with van der Waals surface area (Å²) in [5.74, 6) is 0.420. The van der Waals surface area contributed by atoms with Crippen LogP contribution in [-0.2, 0) is 15.8 Å². The number of hydrogen-bond acceptors (Lipinski definition) is 8. The average Bonchev–Trinajstić information content (AvgIpc) is 3.40. The fourth-order valence-electron chi connectivity index (χ4n) is 4.69. The van der Waals surface area contributed by atoms with Crippen LogP contribution in [0.25, 0.3) is 21.9 Å². The topological polar surface area (TPSA) is 163 Å². The zero-order valence-electron chi connectivity index (χ0n) is 19.7. The standard InChI is InChI=1S/C24H27ClN5O6P/c25-24-28-21(26-12-15-8-5-7-14-6-1-2-9-16(14)15)18-22(29-24)30(13-27-18)23-20(32)19(31)17(36-23)10-3-4-11-37(33,34)35/h1-2,5-9,13,17,19-20,23,31-32H,3-4,10-12H2,(H,26,28,29)(H2,33,34,35)/t17-,19?,20+,23-/m1/s1. The van der Waals surface area contributed by atoms with Gasteiger partial charge in [-0.05, 0) is 40.8 Å². The summed E-state index contributed by atoms with van der Waals surface area (Å²) in [4.78, 5) is 31.1. The maximum absolute atomic E-state index is 11.1. The molecule has 13 heteroatoms. The van der Waals surface area contributed by atoms with Gasteiger partial charge in [-0.15, -0.1) is 0 Å². The molecule has 0 aliphatic carbocycles. The zero-order chi connectivity index (χ0) is 26.2. The van der Waals surface area contributed by atoms with Crippen LogP contribution in [0.2, 0.25) is 5.28 Å². The number of nitrogens with zero attached hydrogens (tertiary/aromatic N) is 4. The predicted octanol–water partition coefficient (Wildman–Crippen LogP) is 3.21. The smallest absolute Gasteiger partial charge is 0.325 e. The number of benzene rings is 2. The number of halogens is 1. The molecule has 0 spiro atoms. The SMILES string of the molecule is O=P(O)(O)CCCC[C@H]1O[C@@H](n2cnc3c(NCc4cccc5ccccc45)nc(Cl)nc32)[C@@H](O)C1O. The van der Waals surface area contributed by atoms with Gasteiger partial charge in [0.15, 0.2) is 23.2 Å². The Morgan fingerprint density at radius 2 is 1.84 bits per heavy atom. The van der Waals surface area contributed by atoms with Gasteiger partial charge in [0.1, 0.15) is 12.2 Å². The van der Waals surface area contributed by atoms with Gasteiger partial charge in [0, 0.05) is 12.7 Å². The number of hydrogen-bond donors (Lipinski definition) is 5. The Morgan fingerprint density at radius 1 is 1.05 bits per heavy atom. The van der Waals surface area contributed by atoms with Crippen molar-refractivity contribution in [2.75, 3.05) is 11.5 Å². The van der Waals surface area contributed by atoms with Crippen molar-refractivity contribution in [3.05, 3.63) is 59.6 Å². The monoisotopic (exact) mass is 547 g/mol. The van der Waals surface area contributed by atoms with Crippen molar-refractivity contribution in [2.45, 2.75) is 50.3 Å². The highest BCUT2D eigenvalue weighted by atomic mass is 35.5. The number of aliphatic hydroxyl groups is 2. The second-order valence-electron chi connectivity index (χ2n) is 9.09. The van der Waals surface area contributed by atoms with Crippen molar-refractivity contribution < 1.29 is 29.3 Å². The van der Waals surface area contributed by atoms with Crippen LogP contribution >= 0.6 is 19.2 Å². The molecule has 5 N–H and O–H groups in total. The summed E-state index contributed by atoms with van der Waals surface area (Å²) in [7, 11) is -4.08. The highest BCUT2D eigenvalue weighted by Crippen LogP contribution is 2.37. The van der Waals surface area contributed by atoms with E-state index in [9.17, 15) is 14.8 Å². The Kier molecular flexibility index (Phi) is 7.46. The number of imidazole rings is 1. The Bertz CT molecular complexity index is 1460. The second-order valence-corrected chi connectivity index (χ2v) is 11.2. The van der Waals surface area contributed by atoms with E-state index in [1.54, 1.807) is 0 Å². The molecule has 37 heavy (non-hydrogen) atoms. The first kappa shape index (κ1) is 26.0. The molecular weight excluding hydrogens is 521 g/mol. The van der Waals surface area contributed by atoms with Crippen LogP contribution < -0.4 is 5.32 Å². The Hall–Kier alpha value is -2.63. The van der Waals surface area contributed by atoms with Gasteiger partial charge in [0.25, 0.3) is 0 Å². The molecule has 0 radical (unpaired) electrons. The molecule has 1 unspecified atom stereocenters. The normalized spacial score (nSPS) is 22.2. The third-order valence-corrected chi connectivity index (χ3v) is 7.59. The molecule has 4 aromatic rings. The summed E-state index contributed by atoms with van der Waals surface area (Å²) in [6.45, 7) is 0.467. The number of nitrogens with one attached hydrogen (secondary N) is 1. The Labute approximate surface area is 217 Å². The minimum Gasteiger partial charge on any atom is -0.388 e. The van der Waals surface area contributed by atoms with Gasteiger partial charge in [-0.1, -0.05) is 48.9 Å². The van der Waals surface area contributed by atoms with Crippen LogP contribution in [0.15, 0.2) is 48.8 Å². The highest BCUT2D eigenvalue weighted by Gasteiger charge is 2.44. The third-order valence-electron chi connectivity index (χ3n) is 6.52. The quantitative estimate of drug-likeness (QED) is 0.119. The number of aliphatic hydroxyl groups excluding tert-OH is 2. The van der Waals surface area contributed by atoms with E-state index in [2.05, 4.69) is 26.3 Å². The summed E-state index contributed by atoms with van der Waals surface area (Å²) < 4.78 is 18.5. The summed E-state index contributed by atoms with van der Waals surface area (Å²) in [6, 6.07) is 14.1. The first-order valence-electron chi connectivity index (χ1n) is 11.9. The Morgan fingerprint density at radius 3 is 2.65 bits per heavy atom. The number of anilines is 1. The molecule has 0 saturated carbocycles. The molecule has 1 saturated heterocycles. The van der Waals surface area contributed by atoms with Gasteiger partial charge in [-0.2, -0.15) is 9.97 Å². The lowest BCUT2D eigenvalue weighted by Crippen LogP contribution is -2.31. The minimum atomic E-state index is -4.08. The summed E-state index contributed by atoms with van der Waals surface area (Å²) >= 11 is 6.23. The van der Waals surface area contributed by atoms with Gasteiger partial charge < -0.3 is 30.1 Å². The van der Waals surface area contributed by atoms with Crippen molar-refractivity contribution in [3.8, 4) is 0 Å². The van der Waals surface area contributed by atoms with Crippen molar-refractivity contribution in [1.82, 2.24) is 19.5 Å². The highest BCUT2D eigenvalue weighted by molar-refractivity contribution is 7.51. The number of unbranched alkanes of at least 4 members (excludes halogenated alkanes) is 1. The number of aromatic nitrogens is 4. The first-order chi connectivity index (χ1) is 17.7. The van der Waals surface area contributed by atoms with E-state index in [1.807, 2.05) is 36.4 Å². The average molecular weight is 548 g/mol. The fourth-order valence-corrected chi connectivity index (χ4v) is 5.49.